The molecule has 6 atom stereocenters. The van der Waals surface area contributed by atoms with Crippen molar-refractivity contribution < 1.29 is 9.90 Å². The summed E-state index contributed by atoms with van der Waals surface area (Å²) in [6, 6.07) is 10.0. The maximum atomic E-state index is 12.0. The highest BCUT2D eigenvalue weighted by Gasteiger charge is 2.63. The van der Waals surface area contributed by atoms with E-state index in [1.165, 1.54) is 12.0 Å². The number of carbonyl (C=O) groups is 1. The monoisotopic (exact) mass is 388 g/mol. The molecular formula is C27H32O2. The fraction of sp³-hybridized carbons (Fsp3) is 0.593. The van der Waals surface area contributed by atoms with Crippen LogP contribution in [0, 0.1) is 40.4 Å². The van der Waals surface area contributed by atoms with Crippen molar-refractivity contribution in [3.63, 3.8) is 0 Å². The van der Waals surface area contributed by atoms with Crippen LogP contribution in [0.15, 0.2) is 42.0 Å². The Balaban J connectivity index is 1.45. The van der Waals surface area contributed by atoms with E-state index in [2.05, 4.69) is 25.7 Å². The van der Waals surface area contributed by atoms with Gasteiger partial charge < -0.3 is 5.11 Å². The summed E-state index contributed by atoms with van der Waals surface area (Å²) >= 11 is 0. The first-order valence-electron chi connectivity index (χ1n) is 11.4. The topological polar surface area (TPSA) is 37.3 Å². The second kappa shape index (κ2) is 6.58. The summed E-state index contributed by atoms with van der Waals surface area (Å²) in [7, 11) is 0. The molecule has 4 aliphatic carbocycles. The van der Waals surface area contributed by atoms with Gasteiger partial charge in [0.25, 0.3) is 0 Å². The summed E-state index contributed by atoms with van der Waals surface area (Å²) in [5.41, 5.74) is 1.56. The molecule has 2 nitrogen and oxygen atoms in total. The molecule has 0 spiro atoms. The molecule has 4 aliphatic rings. The maximum Gasteiger partial charge on any atom is 0.155 e. The lowest BCUT2D eigenvalue weighted by Gasteiger charge is -2.58. The van der Waals surface area contributed by atoms with Crippen molar-refractivity contribution in [1.29, 1.82) is 0 Å². The van der Waals surface area contributed by atoms with Crippen LogP contribution in [0.1, 0.15) is 70.8 Å². The van der Waals surface area contributed by atoms with Crippen molar-refractivity contribution >= 4 is 5.78 Å². The molecule has 3 fully saturated rings. The molecule has 0 amide bonds. The molecular weight excluding hydrogens is 356 g/mol. The van der Waals surface area contributed by atoms with Crippen LogP contribution in [0.5, 0.6) is 0 Å². The van der Waals surface area contributed by atoms with Gasteiger partial charge in [-0.15, -0.1) is 0 Å². The highest BCUT2D eigenvalue weighted by molar-refractivity contribution is 5.91. The highest BCUT2D eigenvalue weighted by Crippen LogP contribution is 2.67. The summed E-state index contributed by atoms with van der Waals surface area (Å²) < 4.78 is 0. The summed E-state index contributed by atoms with van der Waals surface area (Å²) in [6.07, 6.45) is 9.97. The number of fused-ring (bicyclic) bond motifs is 5. The first-order valence-corrected chi connectivity index (χ1v) is 11.4. The number of rotatable bonds is 0. The van der Waals surface area contributed by atoms with Gasteiger partial charge in [-0.25, -0.2) is 0 Å². The Bertz CT molecular complexity index is 919. The van der Waals surface area contributed by atoms with E-state index in [0.29, 0.717) is 30.0 Å². The smallest absolute Gasteiger partial charge is 0.155 e. The molecule has 5 rings (SSSR count). The molecule has 3 saturated carbocycles. The van der Waals surface area contributed by atoms with Crippen molar-refractivity contribution in [3.8, 4) is 11.8 Å². The van der Waals surface area contributed by atoms with E-state index < -0.39 is 5.60 Å². The number of ketones is 1. The van der Waals surface area contributed by atoms with E-state index in [9.17, 15) is 9.90 Å². The predicted octanol–water partition coefficient (Wildman–Crippen LogP) is 5.30. The van der Waals surface area contributed by atoms with Gasteiger partial charge in [-0.1, -0.05) is 49.5 Å². The third-order valence-corrected chi connectivity index (χ3v) is 9.30. The van der Waals surface area contributed by atoms with Crippen molar-refractivity contribution in [2.75, 3.05) is 0 Å². The van der Waals surface area contributed by atoms with Gasteiger partial charge in [-0.3, -0.25) is 4.79 Å². The average molecular weight is 389 g/mol. The molecule has 0 unspecified atom stereocenters. The van der Waals surface area contributed by atoms with E-state index in [-0.39, 0.29) is 10.8 Å². The minimum atomic E-state index is -0.891. The molecule has 152 valence electrons. The van der Waals surface area contributed by atoms with Crippen LogP contribution in [-0.2, 0) is 4.79 Å². The molecule has 0 bridgehead atoms. The van der Waals surface area contributed by atoms with Gasteiger partial charge in [0.15, 0.2) is 5.78 Å². The van der Waals surface area contributed by atoms with Crippen molar-refractivity contribution in [3.05, 3.63) is 47.5 Å². The first-order chi connectivity index (χ1) is 13.9. The highest BCUT2D eigenvalue weighted by atomic mass is 16.3. The van der Waals surface area contributed by atoms with Crippen LogP contribution >= 0.6 is 0 Å². The van der Waals surface area contributed by atoms with Gasteiger partial charge in [0.1, 0.15) is 5.60 Å². The third kappa shape index (κ3) is 2.77. The lowest BCUT2D eigenvalue weighted by atomic mass is 9.46. The Morgan fingerprint density at radius 2 is 1.72 bits per heavy atom. The van der Waals surface area contributed by atoms with Gasteiger partial charge in [0.05, 0.1) is 0 Å². The average Bonchev–Trinajstić information content (AvgIpc) is 2.99. The lowest BCUT2D eigenvalue weighted by molar-refractivity contribution is -0.119. The third-order valence-electron chi connectivity index (χ3n) is 9.30. The molecule has 0 radical (unpaired) electrons. The molecule has 0 heterocycles. The number of benzene rings is 1. The van der Waals surface area contributed by atoms with Gasteiger partial charge in [-0.2, -0.15) is 0 Å². The van der Waals surface area contributed by atoms with Gasteiger partial charge in [0.2, 0.25) is 0 Å². The molecule has 1 aromatic carbocycles. The molecule has 0 aliphatic heterocycles. The zero-order valence-corrected chi connectivity index (χ0v) is 17.7. The Morgan fingerprint density at radius 3 is 2.52 bits per heavy atom. The number of hydrogen-bond donors (Lipinski definition) is 1. The Kier molecular flexibility index (Phi) is 4.34. The number of allylic oxidation sites excluding steroid dienone is 1. The predicted molar refractivity (Wildman–Crippen MR) is 115 cm³/mol. The molecule has 29 heavy (non-hydrogen) atoms. The molecule has 1 N–H and O–H groups in total. The first kappa shape index (κ1) is 19.1. The number of aliphatic hydroxyl groups is 1. The van der Waals surface area contributed by atoms with Gasteiger partial charge in [-0.05, 0) is 86.3 Å². The van der Waals surface area contributed by atoms with E-state index in [4.69, 9.17) is 0 Å². The molecule has 1 aromatic rings. The summed E-state index contributed by atoms with van der Waals surface area (Å²) in [5, 5.41) is 11.7. The second-order valence-electron chi connectivity index (χ2n) is 10.4. The molecule has 0 saturated heterocycles. The van der Waals surface area contributed by atoms with Crippen molar-refractivity contribution in [2.45, 2.75) is 70.8 Å². The van der Waals surface area contributed by atoms with Crippen LogP contribution < -0.4 is 0 Å². The Morgan fingerprint density at radius 1 is 0.966 bits per heavy atom. The van der Waals surface area contributed by atoms with Crippen molar-refractivity contribution in [1.82, 2.24) is 0 Å². The summed E-state index contributed by atoms with van der Waals surface area (Å²) in [4.78, 5) is 12.0. The summed E-state index contributed by atoms with van der Waals surface area (Å²) in [6.45, 7) is 4.72. The van der Waals surface area contributed by atoms with E-state index in [1.807, 2.05) is 36.4 Å². The van der Waals surface area contributed by atoms with Crippen LogP contribution in [0.25, 0.3) is 0 Å². The Labute approximate surface area is 174 Å². The van der Waals surface area contributed by atoms with E-state index >= 15 is 0 Å². The van der Waals surface area contributed by atoms with Crippen LogP contribution in [-0.4, -0.2) is 16.5 Å². The van der Waals surface area contributed by atoms with E-state index in [0.717, 1.165) is 44.1 Å². The van der Waals surface area contributed by atoms with Crippen molar-refractivity contribution in [2.24, 2.45) is 28.6 Å². The minimum absolute atomic E-state index is 0.127. The fourth-order valence-corrected chi connectivity index (χ4v) is 7.48. The van der Waals surface area contributed by atoms with Crippen LogP contribution in [0.2, 0.25) is 0 Å². The number of carbonyl (C=O) groups excluding carboxylic acids is 1. The Hall–Kier alpha value is -1.85. The minimum Gasteiger partial charge on any atom is -0.377 e. The SMILES string of the molecule is C[C@]12CC[C@H]3[C@H](CCC4=CC(=O)CC[C@]43C)[C@H]1CC[C@@]2(O)C#Cc1ccccc1. The zero-order valence-electron chi connectivity index (χ0n) is 17.7. The quantitative estimate of drug-likeness (QED) is 0.612. The second-order valence-corrected chi connectivity index (χ2v) is 10.4. The standard InChI is InChI=1S/C27H32O2/c1-25-14-11-21(28)18-20(25)8-9-22-23(25)12-15-26(2)24(22)13-17-27(26,29)16-10-19-6-4-3-5-7-19/h3-7,18,22-24,29H,8-9,11-15,17H2,1-2H3/t22-,23-,24+,25+,26-,27-/m0/s1. The number of hydrogen-bond acceptors (Lipinski definition) is 2. The molecule has 2 heteroatoms. The van der Waals surface area contributed by atoms with Gasteiger partial charge in [0, 0.05) is 17.4 Å². The largest absolute Gasteiger partial charge is 0.377 e. The fourth-order valence-electron chi connectivity index (χ4n) is 7.48. The van der Waals surface area contributed by atoms with E-state index in [1.54, 1.807) is 0 Å². The van der Waals surface area contributed by atoms with Gasteiger partial charge >= 0.3 is 0 Å². The van der Waals surface area contributed by atoms with Crippen LogP contribution in [0.4, 0.5) is 0 Å². The lowest BCUT2D eigenvalue weighted by Crippen LogP contribution is -2.54. The molecule has 0 aromatic heterocycles. The maximum absolute atomic E-state index is 12.0. The van der Waals surface area contributed by atoms with Crippen LogP contribution in [0.3, 0.4) is 0 Å². The zero-order chi connectivity index (χ0) is 20.3. The summed E-state index contributed by atoms with van der Waals surface area (Å²) in [5.74, 6) is 8.76. The normalized spacial score (nSPS) is 43.3.